The zero-order chi connectivity index (χ0) is 16.1. The van der Waals surface area contributed by atoms with E-state index in [0.717, 1.165) is 16.8 Å². The molecule has 1 atom stereocenters. The maximum atomic E-state index is 12.2. The SMILES string of the molecule is Cc1ccc(OC(C)C(=O)Nc2cccc(CN)c2)cc1C. The Hall–Kier alpha value is -2.33. The fourth-order valence-corrected chi connectivity index (χ4v) is 2.06. The molecule has 116 valence electrons. The van der Waals surface area contributed by atoms with Gasteiger partial charge in [0.15, 0.2) is 6.10 Å². The highest BCUT2D eigenvalue weighted by Crippen LogP contribution is 2.18. The summed E-state index contributed by atoms with van der Waals surface area (Å²) in [6, 6.07) is 13.3. The van der Waals surface area contributed by atoms with Gasteiger partial charge in [-0.3, -0.25) is 4.79 Å². The van der Waals surface area contributed by atoms with Crippen LogP contribution in [-0.4, -0.2) is 12.0 Å². The Kier molecular flexibility index (Phi) is 5.17. The van der Waals surface area contributed by atoms with Gasteiger partial charge >= 0.3 is 0 Å². The summed E-state index contributed by atoms with van der Waals surface area (Å²) in [6.45, 7) is 6.24. The van der Waals surface area contributed by atoms with E-state index in [1.807, 2.05) is 56.3 Å². The van der Waals surface area contributed by atoms with Crippen molar-refractivity contribution < 1.29 is 9.53 Å². The van der Waals surface area contributed by atoms with E-state index in [2.05, 4.69) is 5.32 Å². The normalized spacial score (nSPS) is 11.8. The summed E-state index contributed by atoms with van der Waals surface area (Å²) in [5, 5.41) is 2.84. The van der Waals surface area contributed by atoms with Crippen LogP contribution in [0.5, 0.6) is 5.75 Å². The van der Waals surface area contributed by atoms with Crippen molar-refractivity contribution in [1.82, 2.24) is 0 Å². The van der Waals surface area contributed by atoms with Crippen LogP contribution in [0.25, 0.3) is 0 Å². The first-order chi connectivity index (χ1) is 10.5. The van der Waals surface area contributed by atoms with Gasteiger partial charge in [0, 0.05) is 12.2 Å². The predicted octanol–water partition coefficient (Wildman–Crippen LogP) is 3.17. The number of ether oxygens (including phenoxy) is 1. The Morgan fingerprint density at radius 1 is 1.18 bits per heavy atom. The Morgan fingerprint density at radius 2 is 1.95 bits per heavy atom. The first kappa shape index (κ1) is 16.0. The van der Waals surface area contributed by atoms with Gasteiger partial charge in [-0.2, -0.15) is 0 Å². The lowest BCUT2D eigenvalue weighted by Crippen LogP contribution is -2.30. The molecule has 0 heterocycles. The summed E-state index contributed by atoms with van der Waals surface area (Å²) in [4.78, 5) is 12.2. The van der Waals surface area contributed by atoms with Crippen molar-refractivity contribution in [2.24, 2.45) is 5.73 Å². The maximum absolute atomic E-state index is 12.2. The predicted molar refractivity (Wildman–Crippen MR) is 89.0 cm³/mol. The third-order valence-corrected chi connectivity index (χ3v) is 3.59. The molecule has 0 spiro atoms. The highest BCUT2D eigenvalue weighted by Gasteiger charge is 2.15. The lowest BCUT2D eigenvalue weighted by atomic mass is 10.1. The van der Waals surface area contributed by atoms with Gasteiger partial charge in [0.25, 0.3) is 5.91 Å². The fraction of sp³-hybridized carbons (Fsp3) is 0.278. The second kappa shape index (κ2) is 7.09. The molecule has 1 amide bonds. The van der Waals surface area contributed by atoms with Gasteiger partial charge in [0.2, 0.25) is 0 Å². The molecule has 2 rings (SSSR count). The molecule has 2 aromatic rings. The Morgan fingerprint density at radius 3 is 2.64 bits per heavy atom. The topological polar surface area (TPSA) is 64.3 Å². The molecule has 0 radical (unpaired) electrons. The lowest BCUT2D eigenvalue weighted by Gasteiger charge is -2.16. The number of benzene rings is 2. The lowest BCUT2D eigenvalue weighted by molar-refractivity contribution is -0.122. The highest BCUT2D eigenvalue weighted by atomic mass is 16.5. The van der Waals surface area contributed by atoms with Crippen LogP contribution in [0.4, 0.5) is 5.69 Å². The second-order valence-electron chi connectivity index (χ2n) is 5.40. The molecule has 0 aliphatic heterocycles. The van der Waals surface area contributed by atoms with Gasteiger partial charge in [-0.1, -0.05) is 18.2 Å². The van der Waals surface area contributed by atoms with Crippen LogP contribution in [0.1, 0.15) is 23.6 Å². The number of nitrogens with two attached hydrogens (primary N) is 1. The van der Waals surface area contributed by atoms with E-state index in [0.29, 0.717) is 12.3 Å². The molecule has 0 saturated heterocycles. The molecule has 2 aromatic carbocycles. The van der Waals surface area contributed by atoms with Gasteiger partial charge in [-0.05, 0) is 61.7 Å². The van der Waals surface area contributed by atoms with E-state index in [4.69, 9.17) is 10.5 Å². The Labute approximate surface area is 131 Å². The number of rotatable bonds is 5. The van der Waals surface area contributed by atoms with E-state index in [1.165, 1.54) is 5.56 Å². The molecule has 0 aliphatic carbocycles. The van der Waals surface area contributed by atoms with E-state index >= 15 is 0 Å². The van der Waals surface area contributed by atoms with Gasteiger partial charge in [-0.15, -0.1) is 0 Å². The van der Waals surface area contributed by atoms with Crippen molar-refractivity contribution in [2.45, 2.75) is 33.4 Å². The third kappa shape index (κ3) is 4.09. The van der Waals surface area contributed by atoms with Crippen molar-refractivity contribution in [3.05, 3.63) is 59.2 Å². The smallest absolute Gasteiger partial charge is 0.265 e. The standard InChI is InChI=1S/C18H22N2O2/c1-12-7-8-17(9-13(12)2)22-14(3)18(21)20-16-6-4-5-15(10-16)11-19/h4-10,14H,11,19H2,1-3H3,(H,20,21). The van der Waals surface area contributed by atoms with E-state index in [9.17, 15) is 4.79 Å². The second-order valence-corrected chi connectivity index (χ2v) is 5.40. The Bertz CT molecular complexity index is 668. The number of anilines is 1. The quantitative estimate of drug-likeness (QED) is 0.891. The van der Waals surface area contributed by atoms with E-state index < -0.39 is 6.10 Å². The number of nitrogens with one attached hydrogen (secondary N) is 1. The monoisotopic (exact) mass is 298 g/mol. The molecule has 0 bridgehead atoms. The number of carbonyl (C=O) groups is 1. The largest absolute Gasteiger partial charge is 0.481 e. The number of aryl methyl sites for hydroxylation is 2. The average molecular weight is 298 g/mol. The van der Waals surface area contributed by atoms with Crippen LogP contribution < -0.4 is 15.8 Å². The van der Waals surface area contributed by atoms with Crippen LogP contribution in [0.2, 0.25) is 0 Å². The van der Waals surface area contributed by atoms with Crippen LogP contribution in [0.15, 0.2) is 42.5 Å². The van der Waals surface area contributed by atoms with E-state index in [1.54, 1.807) is 6.92 Å². The van der Waals surface area contributed by atoms with E-state index in [-0.39, 0.29) is 5.91 Å². The summed E-state index contributed by atoms with van der Waals surface area (Å²) in [7, 11) is 0. The number of carbonyl (C=O) groups excluding carboxylic acids is 1. The zero-order valence-corrected chi connectivity index (χ0v) is 13.2. The van der Waals surface area contributed by atoms with Crippen LogP contribution >= 0.6 is 0 Å². The van der Waals surface area contributed by atoms with Crippen molar-refractivity contribution in [3.8, 4) is 5.75 Å². The fourth-order valence-electron chi connectivity index (χ4n) is 2.06. The summed E-state index contributed by atoms with van der Waals surface area (Å²) < 4.78 is 5.70. The number of hydrogen-bond donors (Lipinski definition) is 2. The number of amides is 1. The molecule has 0 fully saturated rings. The first-order valence-electron chi connectivity index (χ1n) is 7.33. The molecular formula is C18H22N2O2. The van der Waals surface area contributed by atoms with Gasteiger partial charge in [-0.25, -0.2) is 0 Å². The van der Waals surface area contributed by atoms with Crippen molar-refractivity contribution in [2.75, 3.05) is 5.32 Å². The molecule has 0 saturated carbocycles. The zero-order valence-electron chi connectivity index (χ0n) is 13.2. The third-order valence-electron chi connectivity index (χ3n) is 3.59. The maximum Gasteiger partial charge on any atom is 0.265 e. The average Bonchev–Trinajstić information content (AvgIpc) is 2.51. The van der Waals surface area contributed by atoms with Gasteiger partial charge in [0.1, 0.15) is 5.75 Å². The van der Waals surface area contributed by atoms with Gasteiger partial charge < -0.3 is 15.8 Å². The van der Waals surface area contributed by atoms with Crippen molar-refractivity contribution >= 4 is 11.6 Å². The Balaban J connectivity index is 2.00. The van der Waals surface area contributed by atoms with Crippen LogP contribution in [-0.2, 0) is 11.3 Å². The minimum absolute atomic E-state index is 0.188. The minimum Gasteiger partial charge on any atom is -0.481 e. The molecule has 22 heavy (non-hydrogen) atoms. The highest BCUT2D eigenvalue weighted by molar-refractivity contribution is 5.94. The summed E-state index contributed by atoms with van der Waals surface area (Å²) in [5.74, 6) is 0.508. The summed E-state index contributed by atoms with van der Waals surface area (Å²) >= 11 is 0. The van der Waals surface area contributed by atoms with Crippen molar-refractivity contribution in [3.63, 3.8) is 0 Å². The molecule has 0 aromatic heterocycles. The summed E-state index contributed by atoms with van der Waals surface area (Å²) in [5.41, 5.74) is 9.64. The van der Waals surface area contributed by atoms with Crippen molar-refractivity contribution in [1.29, 1.82) is 0 Å². The molecule has 4 nitrogen and oxygen atoms in total. The molecule has 0 aliphatic rings. The summed E-state index contributed by atoms with van der Waals surface area (Å²) in [6.07, 6.45) is -0.580. The molecule has 3 N–H and O–H groups in total. The minimum atomic E-state index is -0.580. The van der Waals surface area contributed by atoms with Crippen LogP contribution in [0, 0.1) is 13.8 Å². The van der Waals surface area contributed by atoms with Gasteiger partial charge in [0.05, 0.1) is 0 Å². The molecular weight excluding hydrogens is 276 g/mol. The van der Waals surface area contributed by atoms with Crippen LogP contribution in [0.3, 0.4) is 0 Å². The number of hydrogen-bond acceptors (Lipinski definition) is 3. The molecule has 4 heteroatoms. The first-order valence-corrected chi connectivity index (χ1v) is 7.33. The molecule has 1 unspecified atom stereocenters.